The zero-order valence-electron chi connectivity index (χ0n) is 24.2. The summed E-state index contributed by atoms with van der Waals surface area (Å²) in [5.41, 5.74) is 0. The molecule has 0 radical (unpaired) electrons. The van der Waals surface area contributed by atoms with Crippen LogP contribution in [0.2, 0.25) is 0 Å². The molecule has 2 nitrogen and oxygen atoms in total. The molecular formula is C32H64O2S. The van der Waals surface area contributed by atoms with Crippen LogP contribution in [0.4, 0.5) is 0 Å². The van der Waals surface area contributed by atoms with Crippen LogP contribution in [0.5, 0.6) is 0 Å². The van der Waals surface area contributed by atoms with Crippen LogP contribution in [-0.4, -0.2) is 24.1 Å². The van der Waals surface area contributed by atoms with Crippen molar-refractivity contribution in [3.8, 4) is 0 Å². The third-order valence-corrected chi connectivity index (χ3v) is 8.17. The smallest absolute Gasteiger partial charge is 0.306 e. The fraction of sp³-hybridized carbons (Fsp3) is 0.969. The van der Waals surface area contributed by atoms with Crippen LogP contribution in [0, 0.1) is 0 Å². The lowest BCUT2D eigenvalue weighted by Gasteiger charge is -2.06. The van der Waals surface area contributed by atoms with Crippen LogP contribution in [0.1, 0.15) is 181 Å². The van der Waals surface area contributed by atoms with E-state index in [1.807, 2.05) is 11.8 Å². The molecule has 0 aliphatic heterocycles. The van der Waals surface area contributed by atoms with Gasteiger partial charge in [0, 0.05) is 5.75 Å². The third kappa shape index (κ3) is 31.8. The summed E-state index contributed by atoms with van der Waals surface area (Å²) >= 11 is 1.93. The molecule has 0 atom stereocenters. The van der Waals surface area contributed by atoms with E-state index in [-0.39, 0.29) is 5.97 Å². The minimum atomic E-state index is 0.00513. The van der Waals surface area contributed by atoms with Gasteiger partial charge in [0.2, 0.25) is 0 Å². The number of hydrogen-bond donors (Lipinski definition) is 0. The lowest BCUT2D eigenvalue weighted by Crippen LogP contribution is -2.07. The molecule has 0 aromatic carbocycles. The summed E-state index contributed by atoms with van der Waals surface area (Å²) < 4.78 is 5.40. The lowest BCUT2D eigenvalue weighted by molar-refractivity contribution is -0.143. The van der Waals surface area contributed by atoms with Crippen molar-refractivity contribution in [3.63, 3.8) is 0 Å². The van der Waals surface area contributed by atoms with Gasteiger partial charge in [0.25, 0.3) is 0 Å². The molecule has 0 saturated heterocycles. The van der Waals surface area contributed by atoms with E-state index in [4.69, 9.17) is 4.74 Å². The molecule has 0 amide bonds. The number of hydrogen-bond acceptors (Lipinski definition) is 3. The summed E-state index contributed by atoms with van der Waals surface area (Å²) in [5, 5.41) is 0. The highest BCUT2D eigenvalue weighted by atomic mass is 32.2. The van der Waals surface area contributed by atoms with E-state index in [1.54, 1.807) is 0 Å². The molecule has 0 rings (SSSR count). The van der Waals surface area contributed by atoms with E-state index in [0.29, 0.717) is 13.0 Å². The van der Waals surface area contributed by atoms with Gasteiger partial charge in [-0.3, -0.25) is 4.79 Å². The van der Waals surface area contributed by atoms with Gasteiger partial charge in [0.05, 0.1) is 13.0 Å². The Morgan fingerprint density at radius 2 is 0.800 bits per heavy atom. The average Bonchev–Trinajstić information content (AvgIpc) is 2.86. The molecule has 0 saturated carbocycles. The Hall–Kier alpha value is -0.180. The first kappa shape index (κ1) is 34.8. The van der Waals surface area contributed by atoms with Gasteiger partial charge in [-0.1, -0.05) is 162 Å². The number of esters is 1. The van der Waals surface area contributed by atoms with E-state index in [1.165, 1.54) is 160 Å². The minimum Gasteiger partial charge on any atom is -0.466 e. The van der Waals surface area contributed by atoms with Crippen molar-refractivity contribution in [1.82, 2.24) is 0 Å². The molecule has 0 aromatic rings. The van der Waals surface area contributed by atoms with E-state index in [9.17, 15) is 4.79 Å². The summed E-state index contributed by atoms with van der Waals surface area (Å²) in [6.45, 7) is 5.19. The maximum Gasteiger partial charge on any atom is 0.306 e. The van der Waals surface area contributed by atoms with E-state index < -0.39 is 0 Å². The second kappa shape index (κ2) is 31.8. The first-order valence-corrected chi connectivity index (χ1v) is 17.2. The van der Waals surface area contributed by atoms with E-state index >= 15 is 0 Å². The first-order valence-electron chi connectivity index (χ1n) is 16.0. The monoisotopic (exact) mass is 512 g/mol. The minimum absolute atomic E-state index is 0.00513. The fourth-order valence-electron chi connectivity index (χ4n) is 4.68. The number of carbonyl (C=O) groups is 1. The first-order chi connectivity index (χ1) is 17.3. The second-order valence-corrected chi connectivity index (χ2v) is 11.9. The molecule has 210 valence electrons. The highest BCUT2D eigenvalue weighted by molar-refractivity contribution is 7.99. The van der Waals surface area contributed by atoms with E-state index in [0.717, 1.165) is 12.2 Å². The number of thioether (sulfide) groups is 1. The van der Waals surface area contributed by atoms with E-state index in [2.05, 4.69) is 13.8 Å². The number of ether oxygens (including phenoxy) is 1. The summed E-state index contributed by atoms with van der Waals surface area (Å²) in [4.78, 5) is 11.8. The largest absolute Gasteiger partial charge is 0.466 e. The Bertz CT molecular complexity index is 399. The van der Waals surface area contributed by atoms with Crippen molar-refractivity contribution < 1.29 is 9.53 Å². The molecule has 0 heterocycles. The standard InChI is InChI=1S/C32H64O2S/c1-3-5-7-9-11-13-15-16-17-19-21-23-25-27-30-35-31-28-32(33)34-29-26-24-22-20-18-14-12-10-8-6-4-2/h3-31H2,1-2H3. The molecule has 0 fully saturated rings. The number of carbonyl (C=O) groups excluding carboxylic acids is 1. The second-order valence-electron chi connectivity index (χ2n) is 10.7. The molecule has 0 aliphatic rings. The average molecular weight is 513 g/mol. The number of rotatable bonds is 30. The normalized spacial score (nSPS) is 11.3. The van der Waals surface area contributed by atoms with Crippen LogP contribution in [0.3, 0.4) is 0 Å². The van der Waals surface area contributed by atoms with Crippen molar-refractivity contribution >= 4 is 17.7 Å². The Morgan fingerprint density at radius 1 is 0.457 bits per heavy atom. The van der Waals surface area contributed by atoms with Gasteiger partial charge < -0.3 is 4.74 Å². The van der Waals surface area contributed by atoms with Gasteiger partial charge in [-0.25, -0.2) is 0 Å². The van der Waals surface area contributed by atoms with Crippen molar-refractivity contribution in [2.45, 2.75) is 181 Å². The molecule has 35 heavy (non-hydrogen) atoms. The zero-order valence-corrected chi connectivity index (χ0v) is 25.0. The molecule has 3 heteroatoms. The summed E-state index contributed by atoms with van der Waals surface area (Å²) in [6, 6.07) is 0. The molecule has 0 aliphatic carbocycles. The Kier molecular flexibility index (Phi) is 31.7. The summed E-state index contributed by atoms with van der Waals surface area (Å²) in [6.07, 6.45) is 35.0. The highest BCUT2D eigenvalue weighted by Crippen LogP contribution is 2.15. The third-order valence-electron chi connectivity index (χ3n) is 7.10. The van der Waals surface area contributed by atoms with Crippen LogP contribution in [0.15, 0.2) is 0 Å². The molecule has 0 aromatic heterocycles. The van der Waals surface area contributed by atoms with Gasteiger partial charge in [-0.05, 0) is 18.6 Å². The van der Waals surface area contributed by atoms with Crippen molar-refractivity contribution in [2.24, 2.45) is 0 Å². The van der Waals surface area contributed by atoms with Crippen LogP contribution in [0.25, 0.3) is 0 Å². The topological polar surface area (TPSA) is 26.3 Å². The molecule has 0 N–H and O–H groups in total. The van der Waals surface area contributed by atoms with Crippen LogP contribution >= 0.6 is 11.8 Å². The summed E-state index contributed by atoms with van der Waals surface area (Å²) in [7, 11) is 0. The Balaban J connectivity index is 3.13. The Morgan fingerprint density at radius 3 is 1.20 bits per heavy atom. The van der Waals surface area contributed by atoms with Crippen molar-refractivity contribution in [3.05, 3.63) is 0 Å². The Labute approximate surface area is 225 Å². The van der Waals surface area contributed by atoms with Crippen LogP contribution < -0.4 is 0 Å². The molecule has 0 spiro atoms. The molecule has 0 bridgehead atoms. The van der Waals surface area contributed by atoms with Crippen molar-refractivity contribution in [2.75, 3.05) is 18.1 Å². The summed E-state index contributed by atoms with van der Waals surface area (Å²) in [5.74, 6) is 2.13. The van der Waals surface area contributed by atoms with Crippen molar-refractivity contribution in [1.29, 1.82) is 0 Å². The fourth-order valence-corrected chi connectivity index (χ4v) is 5.60. The van der Waals surface area contributed by atoms with Gasteiger partial charge in [-0.2, -0.15) is 11.8 Å². The maximum absolute atomic E-state index is 11.8. The SMILES string of the molecule is CCCCCCCCCCCCCCCCSCCC(=O)OCCCCCCCCCCCCC. The lowest BCUT2D eigenvalue weighted by atomic mass is 10.0. The number of unbranched alkanes of at least 4 members (excludes halogenated alkanes) is 23. The van der Waals surface area contributed by atoms with Crippen LogP contribution in [-0.2, 0) is 9.53 Å². The van der Waals surface area contributed by atoms with Gasteiger partial charge >= 0.3 is 5.97 Å². The van der Waals surface area contributed by atoms with Gasteiger partial charge in [0.1, 0.15) is 0 Å². The highest BCUT2D eigenvalue weighted by Gasteiger charge is 2.03. The maximum atomic E-state index is 11.8. The predicted octanol–water partition coefficient (Wildman–Crippen LogP) is 11.4. The van der Waals surface area contributed by atoms with Gasteiger partial charge in [0.15, 0.2) is 0 Å². The molecule has 0 unspecified atom stereocenters. The van der Waals surface area contributed by atoms with Gasteiger partial charge in [-0.15, -0.1) is 0 Å². The zero-order chi connectivity index (χ0) is 25.5. The quantitative estimate of drug-likeness (QED) is 0.0707. The molecular weight excluding hydrogens is 448 g/mol. The predicted molar refractivity (Wildman–Crippen MR) is 160 cm³/mol.